The van der Waals surface area contributed by atoms with Gasteiger partial charge in [0.2, 0.25) is 0 Å². The molecule has 5 nitrogen and oxygen atoms in total. The van der Waals surface area contributed by atoms with E-state index in [1.54, 1.807) is 54.7 Å². The minimum Gasteiger partial charge on any atom is -0.372 e. The number of aliphatic hydroxyl groups is 1. The molecule has 0 bridgehead atoms. The summed E-state index contributed by atoms with van der Waals surface area (Å²) in [4.78, 5) is 13.3. The molecule has 0 atom stereocenters. The van der Waals surface area contributed by atoms with Crippen LogP contribution < -0.4 is 5.43 Å². The van der Waals surface area contributed by atoms with Crippen molar-refractivity contribution in [1.29, 1.82) is 0 Å². The van der Waals surface area contributed by atoms with Gasteiger partial charge in [-0.15, -0.1) is 0 Å². The lowest BCUT2D eigenvalue weighted by Crippen LogP contribution is -2.43. The second kappa shape index (κ2) is 9.64. The molecule has 0 aliphatic rings. The number of hydrazone groups is 1. The smallest absolute Gasteiger partial charge is 0.281 e. The summed E-state index contributed by atoms with van der Waals surface area (Å²) in [5, 5.41) is 18.1. The third-order valence-corrected chi connectivity index (χ3v) is 6.56. The first kappa shape index (κ1) is 23.3. The maximum absolute atomic E-state index is 13.3. The molecule has 0 spiro atoms. The van der Waals surface area contributed by atoms with Gasteiger partial charge in [-0.25, -0.2) is 5.43 Å². The normalized spacial score (nSPS) is 11.8. The number of carbonyl (C=O) groups is 1. The molecule has 4 aromatic carbocycles. The molecule has 5 rings (SSSR count). The van der Waals surface area contributed by atoms with E-state index < -0.39 is 11.5 Å². The van der Waals surface area contributed by atoms with E-state index in [1.165, 1.54) is 5.39 Å². The molecule has 0 saturated heterocycles. The van der Waals surface area contributed by atoms with Gasteiger partial charge in [-0.3, -0.25) is 4.79 Å². The Bertz CT molecular complexity index is 1510. The summed E-state index contributed by atoms with van der Waals surface area (Å²) in [6.07, 6.45) is 1.62. The van der Waals surface area contributed by atoms with Crippen molar-refractivity contribution >= 4 is 22.9 Å². The van der Waals surface area contributed by atoms with Crippen molar-refractivity contribution in [2.45, 2.75) is 19.4 Å². The van der Waals surface area contributed by atoms with E-state index in [0.29, 0.717) is 11.1 Å². The first-order chi connectivity index (χ1) is 17.5. The van der Waals surface area contributed by atoms with Gasteiger partial charge in [0.15, 0.2) is 5.60 Å². The zero-order chi connectivity index (χ0) is 25.1. The van der Waals surface area contributed by atoms with Crippen molar-refractivity contribution in [2.75, 3.05) is 0 Å². The predicted molar refractivity (Wildman–Crippen MR) is 144 cm³/mol. The van der Waals surface area contributed by atoms with E-state index in [1.807, 2.05) is 44.2 Å². The molecule has 5 aromatic rings. The summed E-state index contributed by atoms with van der Waals surface area (Å²) in [6, 6.07) is 34.4. The Morgan fingerprint density at radius 2 is 1.42 bits per heavy atom. The van der Waals surface area contributed by atoms with Gasteiger partial charge in [0.05, 0.1) is 11.9 Å². The molecule has 5 heteroatoms. The van der Waals surface area contributed by atoms with Gasteiger partial charge >= 0.3 is 0 Å². The maximum Gasteiger partial charge on any atom is 0.281 e. The highest BCUT2D eigenvalue weighted by Crippen LogP contribution is 2.30. The molecule has 36 heavy (non-hydrogen) atoms. The Morgan fingerprint density at radius 3 is 2.08 bits per heavy atom. The Morgan fingerprint density at radius 1 is 0.833 bits per heavy atom. The summed E-state index contributed by atoms with van der Waals surface area (Å²) in [5.74, 6) is -0.626. The maximum atomic E-state index is 13.3. The van der Waals surface area contributed by atoms with Crippen LogP contribution >= 0.6 is 0 Å². The molecular formula is C31H27N3O2. The molecule has 1 heterocycles. The first-order valence-electron chi connectivity index (χ1n) is 11.8. The number of rotatable bonds is 6. The number of carbonyl (C=O) groups excluding carboxylic acids is 1. The lowest BCUT2D eigenvalue weighted by molar-refractivity contribution is -0.136. The van der Waals surface area contributed by atoms with Crippen LogP contribution in [0.25, 0.3) is 16.5 Å². The van der Waals surface area contributed by atoms with Gasteiger partial charge in [0.1, 0.15) is 0 Å². The fourth-order valence-corrected chi connectivity index (χ4v) is 4.72. The van der Waals surface area contributed by atoms with Crippen LogP contribution in [0.4, 0.5) is 0 Å². The highest BCUT2D eigenvalue weighted by molar-refractivity contribution is 5.93. The highest BCUT2D eigenvalue weighted by Gasteiger charge is 2.39. The summed E-state index contributed by atoms with van der Waals surface area (Å²) >= 11 is 0. The first-order valence-corrected chi connectivity index (χ1v) is 11.8. The number of aryl methyl sites for hydroxylation is 1. The SMILES string of the molecule is Cc1cc(/C=N\NC(=O)C(O)(c2ccccc2)c2ccccc2)c(C)n1-c1cccc2ccccc12. The minimum absolute atomic E-state index is 0.470. The third kappa shape index (κ3) is 4.10. The monoisotopic (exact) mass is 473 g/mol. The number of nitrogens with one attached hydrogen (secondary N) is 1. The Labute approximate surface area is 210 Å². The van der Waals surface area contributed by atoms with E-state index >= 15 is 0 Å². The second-order valence-electron chi connectivity index (χ2n) is 8.80. The van der Waals surface area contributed by atoms with Gasteiger partial charge in [0, 0.05) is 22.3 Å². The van der Waals surface area contributed by atoms with Crippen LogP contribution in [0.1, 0.15) is 28.1 Å². The number of hydrogen-bond donors (Lipinski definition) is 2. The van der Waals surface area contributed by atoms with Crippen molar-refractivity contribution in [3.05, 3.63) is 137 Å². The molecule has 0 unspecified atom stereocenters. The van der Waals surface area contributed by atoms with E-state index in [-0.39, 0.29) is 0 Å². The Kier molecular flexibility index (Phi) is 6.23. The number of benzene rings is 4. The molecule has 0 aliphatic heterocycles. The summed E-state index contributed by atoms with van der Waals surface area (Å²) in [7, 11) is 0. The standard InChI is InChI=1S/C31H27N3O2/c1-22-20-25(23(2)34(22)29-19-11-13-24-12-9-10-18-28(24)29)21-32-33-30(35)31(36,26-14-5-3-6-15-26)27-16-7-4-8-17-27/h3-21,36H,1-2H3,(H,33,35)/b32-21-. The average Bonchev–Trinajstić information content (AvgIpc) is 3.21. The van der Waals surface area contributed by atoms with Gasteiger partial charge in [-0.05, 0) is 42.5 Å². The van der Waals surface area contributed by atoms with Crippen LogP contribution in [-0.2, 0) is 10.4 Å². The van der Waals surface area contributed by atoms with Crippen LogP contribution in [0.3, 0.4) is 0 Å². The zero-order valence-corrected chi connectivity index (χ0v) is 20.2. The topological polar surface area (TPSA) is 66.6 Å². The van der Waals surface area contributed by atoms with Crippen LogP contribution in [-0.4, -0.2) is 21.8 Å². The number of hydrogen-bond acceptors (Lipinski definition) is 3. The third-order valence-electron chi connectivity index (χ3n) is 6.56. The summed E-state index contributed by atoms with van der Waals surface area (Å²) in [5.41, 5.74) is 5.66. The van der Waals surface area contributed by atoms with Gasteiger partial charge in [0.25, 0.3) is 5.91 Å². The van der Waals surface area contributed by atoms with E-state index in [4.69, 9.17) is 0 Å². The molecular weight excluding hydrogens is 446 g/mol. The minimum atomic E-state index is -1.88. The van der Waals surface area contributed by atoms with Crippen LogP contribution in [0.15, 0.2) is 114 Å². The highest BCUT2D eigenvalue weighted by atomic mass is 16.3. The molecule has 0 radical (unpaired) electrons. The molecule has 0 fully saturated rings. The van der Waals surface area contributed by atoms with Crippen molar-refractivity contribution in [3.8, 4) is 5.69 Å². The average molecular weight is 474 g/mol. The van der Waals surface area contributed by atoms with E-state index in [2.05, 4.69) is 45.4 Å². The summed E-state index contributed by atoms with van der Waals surface area (Å²) < 4.78 is 2.19. The zero-order valence-electron chi connectivity index (χ0n) is 20.2. The number of amides is 1. The second-order valence-corrected chi connectivity index (χ2v) is 8.80. The van der Waals surface area contributed by atoms with Crippen molar-refractivity contribution in [2.24, 2.45) is 5.10 Å². The fourth-order valence-electron chi connectivity index (χ4n) is 4.72. The van der Waals surface area contributed by atoms with Crippen molar-refractivity contribution in [3.63, 3.8) is 0 Å². The molecule has 178 valence electrons. The molecule has 0 aliphatic carbocycles. The van der Waals surface area contributed by atoms with Crippen molar-refractivity contribution in [1.82, 2.24) is 9.99 Å². The largest absolute Gasteiger partial charge is 0.372 e. The summed E-state index contributed by atoms with van der Waals surface area (Å²) in [6.45, 7) is 4.08. The van der Waals surface area contributed by atoms with Crippen LogP contribution in [0, 0.1) is 13.8 Å². The van der Waals surface area contributed by atoms with E-state index in [9.17, 15) is 9.90 Å². The van der Waals surface area contributed by atoms with E-state index in [0.717, 1.165) is 28.0 Å². The molecule has 2 N–H and O–H groups in total. The molecule has 1 aromatic heterocycles. The van der Waals surface area contributed by atoms with Gasteiger partial charge in [-0.2, -0.15) is 5.10 Å². The Hall–Kier alpha value is -4.48. The molecule has 1 amide bonds. The number of fused-ring (bicyclic) bond motifs is 1. The lowest BCUT2D eigenvalue weighted by atomic mass is 9.85. The van der Waals surface area contributed by atoms with Gasteiger partial charge in [-0.1, -0.05) is 97.1 Å². The predicted octanol–water partition coefficient (Wildman–Crippen LogP) is 5.63. The van der Waals surface area contributed by atoms with Gasteiger partial charge < -0.3 is 9.67 Å². The number of nitrogens with zero attached hydrogens (tertiary/aromatic N) is 2. The quantitative estimate of drug-likeness (QED) is 0.248. The lowest BCUT2D eigenvalue weighted by Gasteiger charge is -2.27. The van der Waals surface area contributed by atoms with Crippen LogP contribution in [0.2, 0.25) is 0 Å². The fraction of sp³-hybridized carbons (Fsp3) is 0.0968. The molecule has 0 saturated carbocycles. The van der Waals surface area contributed by atoms with Crippen molar-refractivity contribution < 1.29 is 9.90 Å². The Balaban J connectivity index is 1.45. The number of aromatic nitrogens is 1. The van der Waals surface area contributed by atoms with Crippen LogP contribution in [0.5, 0.6) is 0 Å².